The number of nitrogens with zero attached hydrogens (tertiary/aromatic N) is 3. The van der Waals surface area contributed by atoms with Gasteiger partial charge in [0.2, 0.25) is 0 Å². The van der Waals surface area contributed by atoms with E-state index in [1.54, 1.807) is 12.7 Å². The Morgan fingerprint density at radius 1 is 1.26 bits per heavy atom. The fourth-order valence-corrected chi connectivity index (χ4v) is 3.66. The van der Waals surface area contributed by atoms with E-state index in [-0.39, 0.29) is 17.6 Å². The SMILES string of the molecule is CCCCOC(C(Cc1ccc(Cl)cc1)n1cncn1)C1(C)COCOC1. The number of aromatic nitrogens is 3. The second kappa shape index (κ2) is 9.64. The summed E-state index contributed by atoms with van der Waals surface area (Å²) in [6, 6.07) is 7.89. The van der Waals surface area contributed by atoms with Crippen molar-refractivity contribution in [3.05, 3.63) is 47.5 Å². The third-order valence-corrected chi connectivity index (χ3v) is 5.25. The number of halogens is 1. The minimum absolute atomic E-state index is 0.0270. The van der Waals surface area contributed by atoms with Crippen LogP contribution >= 0.6 is 11.6 Å². The first-order valence-corrected chi connectivity index (χ1v) is 9.86. The molecule has 0 spiro atoms. The Labute approximate surface area is 165 Å². The molecule has 0 aliphatic carbocycles. The fraction of sp³-hybridized carbons (Fsp3) is 0.600. The highest BCUT2D eigenvalue weighted by atomic mass is 35.5. The fourth-order valence-electron chi connectivity index (χ4n) is 3.54. The minimum atomic E-state index is -0.269. The first-order chi connectivity index (χ1) is 13.1. The number of rotatable bonds is 9. The highest BCUT2D eigenvalue weighted by molar-refractivity contribution is 6.30. The van der Waals surface area contributed by atoms with Crippen LogP contribution in [-0.2, 0) is 20.6 Å². The van der Waals surface area contributed by atoms with Crippen LogP contribution in [0, 0.1) is 5.41 Å². The van der Waals surface area contributed by atoms with Crippen LogP contribution in [0.3, 0.4) is 0 Å². The molecule has 0 radical (unpaired) electrons. The third-order valence-electron chi connectivity index (χ3n) is 5.00. The maximum Gasteiger partial charge on any atom is 0.146 e. The van der Waals surface area contributed by atoms with E-state index in [0.29, 0.717) is 26.6 Å². The number of ether oxygens (including phenoxy) is 3. The van der Waals surface area contributed by atoms with Gasteiger partial charge in [-0.2, -0.15) is 5.10 Å². The van der Waals surface area contributed by atoms with E-state index in [9.17, 15) is 0 Å². The van der Waals surface area contributed by atoms with Gasteiger partial charge in [0.1, 0.15) is 19.4 Å². The molecule has 2 unspecified atom stereocenters. The first kappa shape index (κ1) is 20.3. The van der Waals surface area contributed by atoms with Gasteiger partial charge in [0, 0.05) is 17.0 Å². The largest absolute Gasteiger partial charge is 0.375 e. The van der Waals surface area contributed by atoms with Crippen molar-refractivity contribution in [3.63, 3.8) is 0 Å². The second-order valence-corrected chi connectivity index (χ2v) is 7.82. The van der Waals surface area contributed by atoms with E-state index in [1.165, 1.54) is 5.56 Å². The molecule has 1 saturated heterocycles. The Hall–Kier alpha value is -1.47. The molecule has 1 aliphatic rings. The van der Waals surface area contributed by atoms with E-state index >= 15 is 0 Å². The second-order valence-electron chi connectivity index (χ2n) is 7.39. The highest BCUT2D eigenvalue weighted by Crippen LogP contribution is 2.36. The Balaban J connectivity index is 1.89. The summed E-state index contributed by atoms with van der Waals surface area (Å²) in [6.45, 7) is 6.54. The van der Waals surface area contributed by atoms with Crippen LogP contribution in [0.1, 0.15) is 38.3 Å². The molecule has 1 fully saturated rings. The summed E-state index contributed by atoms with van der Waals surface area (Å²) in [4.78, 5) is 4.16. The van der Waals surface area contributed by atoms with Crippen LogP contribution in [-0.4, -0.2) is 47.5 Å². The van der Waals surface area contributed by atoms with Gasteiger partial charge in [0.25, 0.3) is 0 Å². The molecule has 3 rings (SSSR count). The van der Waals surface area contributed by atoms with Crippen molar-refractivity contribution >= 4 is 11.6 Å². The predicted molar refractivity (Wildman–Crippen MR) is 104 cm³/mol. The lowest BCUT2D eigenvalue weighted by atomic mass is 9.79. The van der Waals surface area contributed by atoms with Crippen molar-refractivity contribution < 1.29 is 14.2 Å². The van der Waals surface area contributed by atoms with Crippen LogP contribution in [0.5, 0.6) is 0 Å². The van der Waals surface area contributed by atoms with Crippen LogP contribution in [0.4, 0.5) is 0 Å². The average Bonchev–Trinajstić information content (AvgIpc) is 3.20. The summed E-state index contributed by atoms with van der Waals surface area (Å²) in [5, 5.41) is 5.15. The van der Waals surface area contributed by atoms with Gasteiger partial charge in [-0.25, -0.2) is 9.67 Å². The lowest BCUT2D eigenvalue weighted by Gasteiger charge is -2.43. The molecule has 6 nitrogen and oxygen atoms in total. The van der Waals surface area contributed by atoms with Crippen molar-refractivity contribution in [2.24, 2.45) is 5.41 Å². The van der Waals surface area contributed by atoms with Gasteiger partial charge in [-0.1, -0.05) is 44.0 Å². The third kappa shape index (κ3) is 5.29. The summed E-state index contributed by atoms with van der Waals surface area (Å²) in [5.41, 5.74) is 0.903. The molecule has 0 N–H and O–H groups in total. The van der Waals surface area contributed by atoms with Gasteiger partial charge in [0.15, 0.2) is 0 Å². The Morgan fingerprint density at radius 3 is 2.63 bits per heavy atom. The molecule has 27 heavy (non-hydrogen) atoms. The summed E-state index contributed by atoms with van der Waals surface area (Å²) in [7, 11) is 0. The number of hydrogen-bond acceptors (Lipinski definition) is 5. The number of hydrogen-bond donors (Lipinski definition) is 0. The lowest BCUT2D eigenvalue weighted by Crippen LogP contribution is -2.50. The summed E-state index contributed by atoms with van der Waals surface area (Å²) in [5.74, 6) is 0. The van der Waals surface area contributed by atoms with Gasteiger partial charge in [0.05, 0.1) is 25.4 Å². The highest BCUT2D eigenvalue weighted by Gasteiger charge is 2.43. The maximum atomic E-state index is 6.43. The smallest absolute Gasteiger partial charge is 0.146 e. The van der Waals surface area contributed by atoms with E-state index in [4.69, 9.17) is 25.8 Å². The number of unbranched alkanes of at least 4 members (excludes halogenated alkanes) is 1. The summed E-state index contributed by atoms with van der Waals surface area (Å²) < 4.78 is 19.6. The maximum absolute atomic E-state index is 6.43. The zero-order valence-electron chi connectivity index (χ0n) is 16.0. The minimum Gasteiger partial charge on any atom is -0.375 e. The first-order valence-electron chi connectivity index (χ1n) is 9.48. The molecule has 7 heteroatoms. The van der Waals surface area contributed by atoms with Crippen molar-refractivity contribution in [2.75, 3.05) is 26.6 Å². The van der Waals surface area contributed by atoms with E-state index < -0.39 is 0 Å². The Morgan fingerprint density at radius 2 is 2.00 bits per heavy atom. The zero-order chi connectivity index (χ0) is 19.1. The molecule has 2 atom stereocenters. The average molecular weight is 394 g/mol. The van der Waals surface area contributed by atoms with Crippen LogP contribution in [0.25, 0.3) is 0 Å². The van der Waals surface area contributed by atoms with Crippen LogP contribution in [0.2, 0.25) is 5.02 Å². The number of benzene rings is 1. The molecule has 1 aliphatic heterocycles. The van der Waals surface area contributed by atoms with E-state index in [0.717, 1.165) is 24.3 Å². The van der Waals surface area contributed by atoms with E-state index in [2.05, 4.69) is 23.9 Å². The molecule has 2 aromatic rings. The molecule has 0 amide bonds. The van der Waals surface area contributed by atoms with Gasteiger partial charge in [-0.15, -0.1) is 0 Å². The molecule has 0 saturated carbocycles. The normalized spacial score (nSPS) is 18.9. The molecule has 148 valence electrons. The van der Waals surface area contributed by atoms with Gasteiger partial charge in [-0.05, 0) is 30.5 Å². The Bertz CT molecular complexity index is 672. The molecular weight excluding hydrogens is 366 g/mol. The van der Waals surface area contributed by atoms with Gasteiger partial charge >= 0.3 is 0 Å². The molecule has 1 aromatic heterocycles. The van der Waals surface area contributed by atoms with Crippen LogP contribution in [0.15, 0.2) is 36.9 Å². The Kier molecular flexibility index (Phi) is 7.24. The quantitative estimate of drug-likeness (QED) is 0.604. The van der Waals surface area contributed by atoms with Crippen molar-refractivity contribution in [1.82, 2.24) is 14.8 Å². The molecule has 2 heterocycles. The van der Waals surface area contributed by atoms with Gasteiger partial charge < -0.3 is 14.2 Å². The zero-order valence-corrected chi connectivity index (χ0v) is 16.8. The van der Waals surface area contributed by atoms with Gasteiger partial charge in [-0.3, -0.25) is 0 Å². The van der Waals surface area contributed by atoms with Crippen LogP contribution < -0.4 is 0 Å². The molecule has 0 bridgehead atoms. The lowest BCUT2D eigenvalue weighted by molar-refractivity contribution is -0.207. The predicted octanol–water partition coefficient (Wildman–Crippen LogP) is 3.91. The van der Waals surface area contributed by atoms with Crippen molar-refractivity contribution in [1.29, 1.82) is 0 Å². The topological polar surface area (TPSA) is 58.4 Å². The molecular formula is C20H28ClN3O3. The van der Waals surface area contributed by atoms with Crippen molar-refractivity contribution in [3.8, 4) is 0 Å². The summed E-state index contributed by atoms with van der Waals surface area (Å²) >= 11 is 6.05. The van der Waals surface area contributed by atoms with Crippen molar-refractivity contribution in [2.45, 2.75) is 45.3 Å². The molecule has 1 aromatic carbocycles. The standard InChI is InChI=1S/C20H28ClN3O3/c1-3-4-9-27-19(20(2)11-25-15-26-12-20)18(24-14-22-13-23-24)10-16-5-7-17(21)8-6-16/h5-8,13-14,18-19H,3-4,9-12,15H2,1-2H3. The monoisotopic (exact) mass is 393 g/mol. The summed E-state index contributed by atoms with van der Waals surface area (Å²) in [6.07, 6.45) is 6.05. The van der Waals surface area contributed by atoms with E-state index in [1.807, 2.05) is 28.9 Å².